The highest BCUT2D eigenvalue weighted by Crippen LogP contribution is 2.30. The number of aliphatic carboxylic acids is 1. The number of carbonyl (C=O) groups is 1. The number of rotatable bonds is 6. The molecule has 1 atom stereocenters. The van der Waals surface area contributed by atoms with Crippen molar-refractivity contribution in [2.24, 2.45) is 0 Å². The molecule has 1 aliphatic heterocycles. The third-order valence-corrected chi connectivity index (χ3v) is 6.51. The Labute approximate surface area is 149 Å². The van der Waals surface area contributed by atoms with Gasteiger partial charge < -0.3 is 9.84 Å². The molecule has 1 heterocycles. The molecule has 1 fully saturated rings. The molecule has 1 aliphatic rings. The van der Waals surface area contributed by atoms with Crippen LogP contribution in [0.1, 0.15) is 29.7 Å². The summed E-state index contributed by atoms with van der Waals surface area (Å²) >= 11 is 0. The summed E-state index contributed by atoms with van der Waals surface area (Å²) in [4.78, 5) is 13.7. The van der Waals surface area contributed by atoms with Crippen LogP contribution in [0.15, 0.2) is 12.1 Å². The Balaban J connectivity index is 2.25. The quantitative estimate of drug-likeness (QED) is 0.815. The fourth-order valence-corrected chi connectivity index (χ4v) is 4.48. The van der Waals surface area contributed by atoms with Crippen LogP contribution in [0.4, 0.5) is 0 Å². The molecular weight excluding hydrogens is 344 g/mol. The van der Waals surface area contributed by atoms with Gasteiger partial charge >= 0.3 is 5.97 Å². The molecule has 0 amide bonds. The second kappa shape index (κ2) is 7.72. The fourth-order valence-electron chi connectivity index (χ4n) is 3.40. The van der Waals surface area contributed by atoms with Crippen molar-refractivity contribution in [2.75, 3.05) is 39.0 Å². The molecule has 0 radical (unpaired) electrons. The number of sulfonamides is 1. The largest absolute Gasteiger partial charge is 0.496 e. The average Bonchev–Trinajstić information content (AvgIpc) is 2.55. The summed E-state index contributed by atoms with van der Waals surface area (Å²) in [5.41, 5.74) is 2.46. The molecule has 25 heavy (non-hydrogen) atoms. The first-order chi connectivity index (χ1) is 11.7. The molecule has 0 saturated carbocycles. The molecule has 1 N–H and O–H groups in total. The number of benzene rings is 1. The average molecular weight is 370 g/mol. The SMILES string of the molecule is CCS(=O)(=O)N1CCN([C@@H](C(=O)O)c2cc(C)c(OC)c(C)c2)CC1. The summed E-state index contributed by atoms with van der Waals surface area (Å²) in [5, 5.41) is 9.75. The van der Waals surface area contributed by atoms with Gasteiger partial charge in [0.15, 0.2) is 0 Å². The van der Waals surface area contributed by atoms with E-state index < -0.39 is 22.0 Å². The van der Waals surface area contributed by atoms with Crippen LogP contribution in [-0.4, -0.2) is 67.7 Å². The maximum absolute atomic E-state index is 12.0. The first kappa shape index (κ1) is 19.7. The highest BCUT2D eigenvalue weighted by molar-refractivity contribution is 7.89. The molecule has 0 bridgehead atoms. The summed E-state index contributed by atoms with van der Waals surface area (Å²) in [6.45, 7) is 6.80. The topological polar surface area (TPSA) is 87.2 Å². The van der Waals surface area contributed by atoms with Crippen molar-refractivity contribution in [1.82, 2.24) is 9.21 Å². The number of methoxy groups -OCH3 is 1. The van der Waals surface area contributed by atoms with E-state index in [1.807, 2.05) is 30.9 Å². The number of aryl methyl sites for hydroxylation is 2. The van der Waals surface area contributed by atoms with Crippen molar-refractivity contribution >= 4 is 16.0 Å². The monoisotopic (exact) mass is 370 g/mol. The molecule has 7 nitrogen and oxygen atoms in total. The predicted octanol–water partition coefficient (Wildman–Crippen LogP) is 1.41. The second-order valence-electron chi connectivity index (χ2n) is 6.26. The Morgan fingerprint density at radius 1 is 1.20 bits per heavy atom. The van der Waals surface area contributed by atoms with E-state index in [1.54, 1.807) is 14.0 Å². The van der Waals surface area contributed by atoms with Crippen LogP contribution in [0, 0.1) is 13.8 Å². The van der Waals surface area contributed by atoms with Gasteiger partial charge in [-0.3, -0.25) is 9.69 Å². The van der Waals surface area contributed by atoms with Gasteiger partial charge in [0.05, 0.1) is 12.9 Å². The zero-order valence-electron chi connectivity index (χ0n) is 15.2. The lowest BCUT2D eigenvalue weighted by Gasteiger charge is -2.37. The number of piperazine rings is 1. The van der Waals surface area contributed by atoms with E-state index in [0.717, 1.165) is 16.9 Å². The summed E-state index contributed by atoms with van der Waals surface area (Å²) in [6, 6.07) is 2.87. The number of hydrogen-bond donors (Lipinski definition) is 1. The summed E-state index contributed by atoms with van der Waals surface area (Å²) < 4.78 is 30.7. The second-order valence-corrected chi connectivity index (χ2v) is 8.52. The van der Waals surface area contributed by atoms with E-state index in [1.165, 1.54) is 4.31 Å². The van der Waals surface area contributed by atoms with Crippen LogP contribution in [0.3, 0.4) is 0 Å². The summed E-state index contributed by atoms with van der Waals surface area (Å²) in [7, 11) is -1.64. The van der Waals surface area contributed by atoms with Crippen LogP contribution < -0.4 is 4.74 Å². The van der Waals surface area contributed by atoms with E-state index in [9.17, 15) is 18.3 Å². The predicted molar refractivity (Wildman–Crippen MR) is 95.5 cm³/mol. The lowest BCUT2D eigenvalue weighted by Crippen LogP contribution is -2.51. The van der Waals surface area contributed by atoms with E-state index in [0.29, 0.717) is 31.7 Å². The zero-order valence-corrected chi connectivity index (χ0v) is 16.0. The van der Waals surface area contributed by atoms with Gasteiger partial charge in [-0.2, -0.15) is 4.31 Å². The maximum Gasteiger partial charge on any atom is 0.325 e. The van der Waals surface area contributed by atoms with Gasteiger partial charge in [0.2, 0.25) is 10.0 Å². The van der Waals surface area contributed by atoms with Crippen LogP contribution in [0.25, 0.3) is 0 Å². The first-order valence-electron chi connectivity index (χ1n) is 8.31. The van der Waals surface area contributed by atoms with Gasteiger partial charge in [0.1, 0.15) is 11.8 Å². The number of hydrogen-bond acceptors (Lipinski definition) is 5. The molecule has 0 aromatic heterocycles. The minimum atomic E-state index is -3.23. The molecule has 0 aliphatic carbocycles. The molecule has 1 saturated heterocycles. The van der Waals surface area contributed by atoms with E-state index >= 15 is 0 Å². The summed E-state index contributed by atoms with van der Waals surface area (Å²) in [5.74, 6) is -0.116. The summed E-state index contributed by atoms with van der Waals surface area (Å²) in [6.07, 6.45) is 0. The van der Waals surface area contributed by atoms with Crippen molar-refractivity contribution in [3.63, 3.8) is 0 Å². The minimum absolute atomic E-state index is 0.0617. The first-order valence-corrected chi connectivity index (χ1v) is 9.92. The van der Waals surface area contributed by atoms with E-state index in [-0.39, 0.29) is 5.75 Å². The highest BCUT2D eigenvalue weighted by atomic mass is 32.2. The molecule has 140 valence electrons. The van der Waals surface area contributed by atoms with Crippen LogP contribution in [0.2, 0.25) is 0 Å². The van der Waals surface area contributed by atoms with Crippen molar-refractivity contribution < 1.29 is 23.1 Å². The van der Waals surface area contributed by atoms with Gasteiger partial charge in [-0.15, -0.1) is 0 Å². The van der Waals surface area contributed by atoms with Crippen molar-refractivity contribution in [3.05, 3.63) is 28.8 Å². The van der Waals surface area contributed by atoms with Gasteiger partial charge in [-0.25, -0.2) is 8.42 Å². The lowest BCUT2D eigenvalue weighted by molar-refractivity contribution is -0.144. The van der Waals surface area contributed by atoms with Crippen LogP contribution >= 0.6 is 0 Å². The van der Waals surface area contributed by atoms with Gasteiger partial charge in [-0.05, 0) is 37.5 Å². The van der Waals surface area contributed by atoms with E-state index in [2.05, 4.69) is 0 Å². The van der Waals surface area contributed by atoms with Crippen molar-refractivity contribution in [2.45, 2.75) is 26.8 Å². The number of ether oxygens (including phenoxy) is 1. The van der Waals surface area contributed by atoms with Crippen molar-refractivity contribution in [3.8, 4) is 5.75 Å². The number of carboxylic acids is 1. The van der Waals surface area contributed by atoms with Gasteiger partial charge in [0.25, 0.3) is 0 Å². The van der Waals surface area contributed by atoms with Gasteiger partial charge in [-0.1, -0.05) is 12.1 Å². The third-order valence-electron chi connectivity index (χ3n) is 4.63. The Kier molecular flexibility index (Phi) is 6.08. The normalized spacial score (nSPS) is 18.1. The number of nitrogens with zero attached hydrogens (tertiary/aromatic N) is 2. The maximum atomic E-state index is 12.0. The van der Waals surface area contributed by atoms with Gasteiger partial charge in [0, 0.05) is 26.2 Å². The molecule has 1 aromatic rings. The Hall–Kier alpha value is -1.64. The number of carboxylic acid groups (broad SMARTS) is 1. The fraction of sp³-hybridized carbons (Fsp3) is 0.588. The standard InChI is InChI=1S/C17H26N2O5S/c1-5-25(22,23)19-8-6-18(7-9-19)15(17(20)21)14-10-12(2)16(24-4)13(3)11-14/h10-11,15H,5-9H2,1-4H3,(H,20,21)/t15-/m1/s1. The zero-order chi connectivity index (χ0) is 18.8. The molecule has 1 aromatic carbocycles. The third kappa shape index (κ3) is 4.13. The molecule has 2 rings (SSSR count). The molecule has 0 unspecified atom stereocenters. The lowest BCUT2D eigenvalue weighted by atomic mass is 9.98. The Morgan fingerprint density at radius 2 is 1.72 bits per heavy atom. The minimum Gasteiger partial charge on any atom is -0.496 e. The van der Waals surface area contributed by atoms with Crippen LogP contribution in [-0.2, 0) is 14.8 Å². The highest BCUT2D eigenvalue weighted by Gasteiger charge is 2.33. The van der Waals surface area contributed by atoms with E-state index in [4.69, 9.17) is 4.74 Å². The molecular formula is C17H26N2O5S. The molecule has 8 heteroatoms. The smallest absolute Gasteiger partial charge is 0.325 e. The molecule has 0 spiro atoms. The Morgan fingerprint density at radius 3 is 2.12 bits per heavy atom. The van der Waals surface area contributed by atoms with Crippen molar-refractivity contribution in [1.29, 1.82) is 0 Å². The Bertz CT molecular complexity index is 716. The van der Waals surface area contributed by atoms with Crippen LogP contribution in [0.5, 0.6) is 5.75 Å².